The Morgan fingerprint density at radius 1 is 1.48 bits per heavy atom. The van der Waals surface area contributed by atoms with E-state index in [-0.39, 0.29) is 18.0 Å². The maximum atomic E-state index is 12.3. The largest absolute Gasteiger partial charge is 0.342 e. The number of nitrogens with two attached hydrogens (primary N) is 1. The molecule has 21 heavy (non-hydrogen) atoms. The number of halogens is 1. The Morgan fingerprint density at radius 2 is 2.14 bits per heavy atom. The molecule has 0 saturated carbocycles. The molecule has 1 amide bonds. The molecular formula is C15H24BrN3OS. The van der Waals surface area contributed by atoms with E-state index in [9.17, 15) is 4.79 Å². The van der Waals surface area contributed by atoms with Crippen molar-refractivity contribution in [2.75, 3.05) is 26.7 Å². The maximum Gasteiger partial charge on any atom is 0.236 e. The highest BCUT2D eigenvalue weighted by molar-refractivity contribution is 9.11. The van der Waals surface area contributed by atoms with Crippen molar-refractivity contribution in [2.45, 2.75) is 38.3 Å². The normalized spacial score (nSPS) is 18.2. The molecule has 2 heterocycles. The number of hydrogen-bond acceptors (Lipinski definition) is 4. The van der Waals surface area contributed by atoms with E-state index >= 15 is 0 Å². The van der Waals surface area contributed by atoms with Crippen LogP contribution in [0.3, 0.4) is 0 Å². The second kappa shape index (κ2) is 7.72. The van der Waals surface area contributed by atoms with E-state index in [1.165, 1.54) is 4.88 Å². The zero-order chi connectivity index (χ0) is 15.4. The SMILES string of the molecule is CCC(N)C(c1ccc(Br)s1)N(C)CC(=O)N1CCCC1. The van der Waals surface area contributed by atoms with Gasteiger partial charge in [-0.2, -0.15) is 0 Å². The number of hydrogen-bond donors (Lipinski definition) is 1. The van der Waals surface area contributed by atoms with Gasteiger partial charge in [0.05, 0.1) is 16.4 Å². The summed E-state index contributed by atoms with van der Waals surface area (Å²) in [6.45, 7) is 4.34. The first-order valence-corrected chi connectivity index (χ1v) is 9.12. The standard InChI is InChI=1S/C15H24BrN3OS/c1-3-11(17)15(12-6-7-13(16)21-12)18(2)10-14(20)19-8-4-5-9-19/h6-7,11,15H,3-5,8-10,17H2,1-2H3. The van der Waals surface area contributed by atoms with Crippen LogP contribution < -0.4 is 5.73 Å². The number of rotatable bonds is 6. The molecule has 0 radical (unpaired) electrons. The number of amides is 1. The Hall–Kier alpha value is -0.430. The smallest absolute Gasteiger partial charge is 0.236 e. The van der Waals surface area contributed by atoms with Gasteiger partial charge in [0.25, 0.3) is 0 Å². The van der Waals surface area contributed by atoms with Gasteiger partial charge >= 0.3 is 0 Å². The Morgan fingerprint density at radius 3 is 2.67 bits per heavy atom. The number of carbonyl (C=O) groups is 1. The summed E-state index contributed by atoms with van der Waals surface area (Å²) in [5.41, 5.74) is 6.31. The van der Waals surface area contributed by atoms with Gasteiger partial charge in [-0.05, 0) is 54.4 Å². The lowest BCUT2D eigenvalue weighted by atomic mass is 10.0. The average Bonchev–Trinajstić information content (AvgIpc) is 3.10. The molecule has 2 unspecified atom stereocenters. The Bertz CT molecular complexity index is 473. The summed E-state index contributed by atoms with van der Waals surface area (Å²) >= 11 is 5.21. The van der Waals surface area contributed by atoms with Gasteiger partial charge in [-0.3, -0.25) is 9.69 Å². The third kappa shape index (κ3) is 4.28. The molecule has 2 atom stereocenters. The molecular weight excluding hydrogens is 350 g/mol. The van der Waals surface area contributed by atoms with Crippen molar-refractivity contribution in [3.63, 3.8) is 0 Å². The van der Waals surface area contributed by atoms with E-state index in [0.717, 1.165) is 36.1 Å². The van der Waals surface area contributed by atoms with Crippen LogP contribution in [0.5, 0.6) is 0 Å². The number of likely N-dealkylation sites (tertiary alicyclic amines) is 1. The molecule has 1 aliphatic heterocycles. The van der Waals surface area contributed by atoms with Crippen LogP contribution in [0.4, 0.5) is 0 Å². The second-order valence-corrected chi connectivity index (χ2v) is 8.16. The second-order valence-electron chi connectivity index (χ2n) is 5.66. The van der Waals surface area contributed by atoms with Crippen molar-refractivity contribution in [1.82, 2.24) is 9.80 Å². The van der Waals surface area contributed by atoms with Crippen molar-refractivity contribution < 1.29 is 4.79 Å². The van der Waals surface area contributed by atoms with Gasteiger partial charge in [0.2, 0.25) is 5.91 Å². The van der Waals surface area contributed by atoms with Crippen LogP contribution in [-0.2, 0) is 4.79 Å². The average molecular weight is 374 g/mol. The van der Waals surface area contributed by atoms with Gasteiger partial charge in [-0.1, -0.05) is 6.92 Å². The summed E-state index contributed by atoms with van der Waals surface area (Å²) < 4.78 is 1.10. The molecule has 1 aromatic heterocycles. The lowest BCUT2D eigenvalue weighted by Crippen LogP contribution is -2.44. The number of carbonyl (C=O) groups excluding carboxylic acids is 1. The highest BCUT2D eigenvalue weighted by atomic mass is 79.9. The van der Waals surface area contributed by atoms with E-state index in [2.05, 4.69) is 33.8 Å². The Balaban J connectivity index is 2.07. The van der Waals surface area contributed by atoms with Crippen molar-refractivity contribution in [2.24, 2.45) is 5.73 Å². The van der Waals surface area contributed by atoms with Crippen molar-refractivity contribution >= 4 is 33.2 Å². The van der Waals surface area contributed by atoms with Crippen LogP contribution in [-0.4, -0.2) is 48.4 Å². The highest BCUT2D eigenvalue weighted by Crippen LogP contribution is 2.32. The molecule has 0 bridgehead atoms. The summed E-state index contributed by atoms with van der Waals surface area (Å²) in [6.07, 6.45) is 3.15. The molecule has 1 aromatic rings. The molecule has 2 N–H and O–H groups in total. The van der Waals surface area contributed by atoms with Gasteiger partial charge in [0.1, 0.15) is 0 Å². The van der Waals surface area contributed by atoms with Gasteiger partial charge < -0.3 is 10.6 Å². The van der Waals surface area contributed by atoms with Crippen molar-refractivity contribution in [1.29, 1.82) is 0 Å². The number of nitrogens with zero attached hydrogens (tertiary/aromatic N) is 2. The predicted octanol–water partition coefficient (Wildman–Crippen LogP) is 2.84. The van der Waals surface area contributed by atoms with Gasteiger partial charge in [0.15, 0.2) is 0 Å². The highest BCUT2D eigenvalue weighted by Gasteiger charge is 2.28. The first-order chi connectivity index (χ1) is 10.0. The minimum atomic E-state index is 0.0342. The molecule has 1 fully saturated rings. The monoisotopic (exact) mass is 373 g/mol. The molecule has 0 spiro atoms. The number of thiophene rings is 1. The van der Waals surface area contributed by atoms with E-state index in [0.29, 0.717) is 6.54 Å². The molecule has 0 aliphatic carbocycles. The van der Waals surface area contributed by atoms with Crippen molar-refractivity contribution in [3.05, 3.63) is 20.8 Å². The summed E-state index contributed by atoms with van der Waals surface area (Å²) in [5.74, 6) is 0.221. The fourth-order valence-corrected chi connectivity index (χ4v) is 4.51. The fourth-order valence-electron chi connectivity index (χ4n) is 2.84. The van der Waals surface area contributed by atoms with Crippen LogP contribution in [0.25, 0.3) is 0 Å². The third-order valence-corrected chi connectivity index (χ3v) is 5.78. The minimum Gasteiger partial charge on any atom is -0.342 e. The van der Waals surface area contributed by atoms with Crippen LogP contribution in [0.15, 0.2) is 15.9 Å². The Labute approximate surface area is 139 Å². The number of likely N-dealkylation sites (N-methyl/N-ethyl adjacent to an activating group) is 1. The molecule has 6 heteroatoms. The van der Waals surface area contributed by atoms with Crippen LogP contribution in [0.2, 0.25) is 0 Å². The lowest BCUT2D eigenvalue weighted by Gasteiger charge is -2.32. The van der Waals surface area contributed by atoms with Crippen LogP contribution in [0.1, 0.15) is 37.1 Å². The van der Waals surface area contributed by atoms with E-state index in [4.69, 9.17) is 5.73 Å². The topological polar surface area (TPSA) is 49.6 Å². The molecule has 2 rings (SSSR count). The quantitative estimate of drug-likeness (QED) is 0.833. The van der Waals surface area contributed by atoms with Gasteiger partial charge in [-0.25, -0.2) is 0 Å². The van der Waals surface area contributed by atoms with E-state index in [1.54, 1.807) is 11.3 Å². The summed E-state index contributed by atoms with van der Waals surface area (Å²) in [6, 6.07) is 4.28. The maximum absolute atomic E-state index is 12.3. The first-order valence-electron chi connectivity index (χ1n) is 7.51. The Kier molecular flexibility index (Phi) is 6.22. The fraction of sp³-hybridized carbons (Fsp3) is 0.667. The molecule has 1 aliphatic rings. The van der Waals surface area contributed by atoms with E-state index in [1.807, 2.05) is 18.0 Å². The minimum absolute atomic E-state index is 0.0342. The molecule has 0 aromatic carbocycles. The van der Waals surface area contributed by atoms with Crippen LogP contribution in [0, 0.1) is 0 Å². The van der Waals surface area contributed by atoms with Gasteiger partial charge in [-0.15, -0.1) is 11.3 Å². The van der Waals surface area contributed by atoms with Crippen LogP contribution >= 0.6 is 27.3 Å². The lowest BCUT2D eigenvalue weighted by molar-refractivity contribution is -0.131. The summed E-state index contributed by atoms with van der Waals surface area (Å²) in [7, 11) is 2.00. The zero-order valence-electron chi connectivity index (χ0n) is 12.7. The summed E-state index contributed by atoms with van der Waals surface area (Å²) in [4.78, 5) is 17.6. The molecule has 1 saturated heterocycles. The molecule has 4 nitrogen and oxygen atoms in total. The van der Waals surface area contributed by atoms with Gasteiger partial charge in [0, 0.05) is 24.0 Å². The van der Waals surface area contributed by atoms with E-state index < -0.39 is 0 Å². The van der Waals surface area contributed by atoms with Crippen molar-refractivity contribution in [3.8, 4) is 0 Å². The molecule has 118 valence electrons. The third-order valence-electron chi connectivity index (χ3n) is 4.08. The first kappa shape index (κ1) is 16.9. The zero-order valence-corrected chi connectivity index (χ0v) is 15.1. The summed E-state index contributed by atoms with van der Waals surface area (Å²) in [5, 5.41) is 0. The predicted molar refractivity (Wildman–Crippen MR) is 91.5 cm³/mol.